The summed E-state index contributed by atoms with van der Waals surface area (Å²) in [5.74, 6) is 1.78. The van der Waals surface area contributed by atoms with E-state index in [4.69, 9.17) is 5.10 Å². The SMILES string of the molecule is Cc1ccc(CNC(=O)CCc2c(C)nn(-c3cc(N4CCCCC4)ncn3)c2C)cc1. The molecule has 0 spiro atoms. The number of hydrogen-bond donors (Lipinski definition) is 1. The van der Waals surface area contributed by atoms with Crippen LogP contribution in [0.25, 0.3) is 5.82 Å². The molecule has 3 aromatic rings. The van der Waals surface area contributed by atoms with Crippen LogP contribution in [0.15, 0.2) is 36.7 Å². The molecule has 1 aliphatic rings. The van der Waals surface area contributed by atoms with Gasteiger partial charge in [-0.1, -0.05) is 29.8 Å². The summed E-state index contributed by atoms with van der Waals surface area (Å²) in [6, 6.07) is 10.2. The van der Waals surface area contributed by atoms with Crippen LogP contribution in [0.5, 0.6) is 0 Å². The van der Waals surface area contributed by atoms with Crippen molar-refractivity contribution in [2.45, 2.75) is 59.4 Å². The van der Waals surface area contributed by atoms with Crippen molar-refractivity contribution < 1.29 is 4.79 Å². The largest absolute Gasteiger partial charge is 0.356 e. The van der Waals surface area contributed by atoms with Gasteiger partial charge in [-0.2, -0.15) is 5.10 Å². The molecule has 0 radical (unpaired) electrons. The number of benzene rings is 1. The summed E-state index contributed by atoms with van der Waals surface area (Å²) in [6.07, 6.45) is 6.40. The summed E-state index contributed by atoms with van der Waals surface area (Å²) in [7, 11) is 0. The minimum Gasteiger partial charge on any atom is -0.356 e. The lowest BCUT2D eigenvalue weighted by atomic mass is 10.1. The van der Waals surface area contributed by atoms with Crippen LogP contribution in [0.4, 0.5) is 5.82 Å². The molecule has 2 aromatic heterocycles. The van der Waals surface area contributed by atoms with Crippen molar-refractivity contribution in [3.8, 4) is 5.82 Å². The van der Waals surface area contributed by atoms with E-state index >= 15 is 0 Å². The average Bonchev–Trinajstić information content (AvgIpc) is 3.11. The van der Waals surface area contributed by atoms with Crippen molar-refractivity contribution in [1.82, 2.24) is 25.1 Å². The molecular formula is C25H32N6O. The number of carbonyl (C=O) groups excluding carboxylic acids is 1. The van der Waals surface area contributed by atoms with Gasteiger partial charge in [-0.15, -0.1) is 0 Å². The number of carbonyl (C=O) groups is 1. The number of aromatic nitrogens is 4. The Bertz CT molecular complexity index is 1070. The number of anilines is 1. The normalized spacial score (nSPS) is 13.9. The molecule has 4 rings (SSSR count). The lowest BCUT2D eigenvalue weighted by molar-refractivity contribution is -0.121. The lowest BCUT2D eigenvalue weighted by Crippen LogP contribution is -2.30. The number of nitrogens with one attached hydrogen (secondary N) is 1. The third kappa shape index (κ3) is 5.15. The van der Waals surface area contributed by atoms with Gasteiger partial charge in [0.1, 0.15) is 12.1 Å². The Morgan fingerprint density at radius 1 is 1.00 bits per heavy atom. The van der Waals surface area contributed by atoms with E-state index in [0.29, 0.717) is 19.4 Å². The zero-order chi connectivity index (χ0) is 22.5. The molecule has 0 aliphatic carbocycles. The topological polar surface area (TPSA) is 75.9 Å². The van der Waals surface area contributed by atoms with E-state index in [1.54, 1.807) is 6.33 Å². The molecule has 7 nitrogen and oxygen atoms in total. The number of aryl methyl sites for hydroxylation is 2. The smallest absolute Gasteiger partial charge is 0.220 e. The van der Waals surface area contributed by atoms with E-state index in [0.717, 1.165) is 47.2 Å². The van der Waals surface area contributed by atoms with Crippen LogP contribution in [0.2, 0.25) is 0 Å². The summed E-state index contributed by atoms with van der Waals surface area (Å²) in [6.45, 7) is 8.73. The average molecular weight is 433 g/mol. The standard InChI is InChI=1S/C25H32N6O/c1-18-7-9-21(10-8-18)16-26-25(32)12-11-22-19(2)29-31(20(22)3)24-15-23(27-17-28-24)30-13-5-4-6-14-30/h7-10,15,17H,4-6,11-14,16H2,1-3H3,(H,26,32). The number of piperidine rings is 1. The van der Waals surface area contributed by atoms with E-state index in [1.165, 1.54) is 24.8 Å². The third-order valence-corrected chi connectivity index (χ3v) is 6.19. The number of nitrogens with zero attached hydrogens (tertiary/aromatic N) is 5. The Kier molecular flexibility index (Phi) is 6.83. The van der Waals surface area contributed by atoms with E-state index in [-0.39, 0.29) is 5.91 Å². The highest BCUT2D eigenvalue weighted by Crippen LogP contribution is 2.22. The summed E-state index contributed by atoms with van der Waals surface area (Å²) in [5.41, 5.74) is 5.39. The van der Waals surface area contributed by atoms with Crippen LogP contribution in [0.3, 0.4) is 0 Å². The highest BCUT2D eigenvalue weighted by atomic mass is 16.1. The molecule has 1 aromatic carbocycles. The maximum Gasteiger partial charge on any atom is 0.220 e. The van der Waals surface area contributed by atoms with Gasteiger partial charge in [0.2, 0.25) is 5.91 Å². The first-order valence-electron chi connectivity index (χ1n) is 11.5. The first-order valence-corrected chi connectivity index (χ1v) is 11.5. The van der Waals surface area contributed by atoms with Gasteiger partial charge in [-0.3, -0.25) is 4.79 Å². The maximum atomic E-state index is 12.4. The molecule has 7 heteroatoms. The van der Waals surface area contributed by atoms with Crippen LogP contribution < -0.4 is 10.2 Å². The Morgan fingerprint density at radius 3 is 2.47 bits per heavy atom. The van der Waals surface area contributed by atoms with Crippen molar-refractivity contribution >= 4 is 11.7 Å². The third-order valence-electron chi connectivity index (χ3n) is 6.19. The second-order valence-corrected chi connectivity index (χ2v) is 8.61. The molecule has 1 fully saturated rings. The van der Waals surface area contributed by atoms with Crippen LogP contribution in [-0.4, -0.2) is 38.7 Å². The van der Waals surface area contributed by atoms with Crippen molar-refractivity contribution in [2.24, 2.45) is 0 Å². The highest BCUT2D eigenvalue weighted by molar-refractivity contribution is 5.76. The van der Waals surface area contributed by atoms with Crippen molar-refractivity contribution in [3.05, 3.63) is 64.7 Å². The molecule has 168 valence electrons. The van der Waals surface area contributed by atoms with Crippen LogP contribution >= 0.6 is 0 Å². The molecule has 1 saturated heterocycles. The van der Waals surface area contributed by atoms with Gasteiger partial charge >= 0.3 is 0 Å². The number of hydrogen-bond acceptors (Lipinski definition) is 5. The van der Waals surface area contributed by atoms with Crippen molar-refractivity contribution in [2.75, 3.05) is 18.0 Å². The molecule has 1 amide bonds. The van der Waals surface area contributed by atoms with Gasteiger partial charge < -0.3 is 10.2 Å². The summed E-state index contributed by atoms with van der Waals surface area (Å²) in [5, 5.41) is 7.74. The summed E-state index contributed by atoms with van der Waals surface area (Å²) in [4.78, 5) is 23.7. The Morgan fingerprint density at radius 2 is 1.72 bits per heavy atom. The maximum absolute atomic E-state index is 12.4. The molecule has 1 N–H and O–H groups in total. The molecule has 0 bridgehead atoms. The fourth-order valence-corrected chi connectivity index (χ4v) is 4.24. The Balaban J connectivity index is 1.40. The van der Waals surface area contributed by atoms with Crippen LogP contribution in [-0.2, 0) is 17.8 Å². The zero-order valence-electron chi connectivity index (χ0n) is 19.3. The predicted molar refractivity (Wildman–Crippen MR) is 126 cm³/mol. The Hall–Kier alpha value is -3.22. The minimum atomic E-state index is 0.0477. The van der Waals surface area contributed by atoms with E-state index in [9.17, 15) is 4.79 Å². The summed E-state index contributed by atoms with van der Waals surface area (Å²) >= 11 is 0. The van der Waals surface area contributed by atoms with Crippen LogP contribution in [0.1, 0.15) is 53.8 Å². The van der Waals surface area contributed by atoms with Crippen molar-refractivity contribution in [1.29, 1.82) is 0 Å². The fourth-order valence-electron chi connectivity index (χ4n) is 4.24. The summed E-state index contributed by atoms with van der Waals surface area (Å²) < 4.78 is 1.88. The molecule has 0 atom stereocenters. The second-order valence-electron chi connectivity index (χ2n) is 8.61. The lowest BCUT2D eigenvalue weighted by Gasteiger charge is -2.27. The molecular weight excluding hydrogens is 400 g/mol. The number of amides is 1. The molecule has 32 heavy (non-hydrogen) atoms. The van der Waals surface area contributed by atoms with E-state index in [1.807, 2.05) is 36.7 Å². The molecule has 0 unspecified atom stereocenters. The van der Waals surface area contributed by atoms with Gasteiger partial charge in [0.15, 0.2) is 5.82 Å². The molecule has 0 saturated carbocycles. The van der Waals surface area contributed by atoms with Crippen LogP contribution in [0, 0.1) is 20.8 Å². The van der Waals surface area contributed by atoms with Gasteiger partial charge in [-0.25, -0.2) is 14.6 Å². The monoisotopic (exact) mass is 432 g/mol. The van der Waals surface area contributed by atoms with E-state index < -0.39 is 0 Å². The molecule has 3 heterocycles. The minimum absolute atomic E-state index is 0.0477. The first kappa shape index (κ1) is 22.0. The quantitative estimate of drug-likeness (QED) is 0.614. The van der Waals surface area contributed by atoms with Crippen molar-refractivity contribution in [3.63, 3.8) is 0 Å². The highest BCUT2D eigenvalue weighted by Gasteiger charge is 2.17. The van der Waals surface area contributed by atoms with Gasteiger partial charge in [-0.05, 0) is 57.6 Å². The predicted octanol–water partition coefficient (Wildman–Crippen LogP) is 3.83. The van der Waals surface area contributed by atoms with Gasteiger partial charge in [0.25, 0.3) is 0 Å². The number of rotatable bonds is 7. The fraction of sp³-hybridized carbons (Fsp3) is 0.440. The first-order chi connectivity index (χ1) is 15.5. The van der Waals surface area contributed by atoms with E-state index in [2.05, 4.69) is 39.2 Å². The second kappa shape index (κ2) is 9.94. The zero-order valence-corrected chi connectivity index (χ0v) is 19.3. The van der Waals surface area contributed by atoms with Gasteiger partial charge in [0.05, 0.1) is 5.69 Å². The molecule has 1 aliphatic heterocycles. The Labute approximate surface area is 189 Å². The van der Waals surface area contributed by atoms with Gasteiger partial charge in [0, 0.05) is 37.8 Å².